The molecule has 0 saturated carbocycles. The van der Waals surface area contributed by atoms with E-state index in [4.69, 9.17) is 5.14 Å². The molecule has 1 aliphatic heterocycles. The zero-order chi connectivity index (χ0) is 15.1. The van der Waals surface area contributed by atoms with Crippen molar-refractivity contribution in [3.8, 4) is 0 Å². The Morgan fingerprint density at radius 2 is 2.00 bits per heavy atom. The normalized spacial score (nSPS) is 23.1. The minimum atomic E-state index is -3.73. The number of nitrogens with zero attached hydrogens (tertiary/aromatic N) is 1. The van der Waals surface area contributed by atoms with E-state index in [1.807, 2.05) is 11.8 Å². The second kappa shape index (κ2) is 5.18. The number of carbonyl (C=O) groups excluding carboxylic acids is 1. The second-order valence-electron chi connectivity index (χ2n) is 5.67. The molecule has 0 radical (unpaired) electrons. The number of aryl methyl sites for hydroxylation is 1. The maximum absolute atomic E-state index is 12.5. The fraction of sp³-hybridized carbons (Fsp3) is 0.500. The van der Waals surface area contributed by atoms with Gasteiger partial charge in [0.2, 0.25) is 10.0 Å². The van der Waals surface area contributed by atoms with Crippen molar-refractivity contribution in [1.29, 1.82) is 0 Å². The number of nitrogens with two attached hydrogens (primary N) is 1. The summed E-state index contributed by atoms with van der Waals surface area (Å²) in [6.45, 7) is 6.64. The van der Waals surface area contributed by atoms with Gasteiger partial charge in [0, 0.05) is 18.2 Å². The van der Waals surface area contributed by atoms with Gasteiger partial charge in [0.25, 0.3) is 5.91 Å². The lowest BCUT2D eigenvalue weighted by Crippen LogP contribution is -2.34. The minimum absolute atomic E-state index is 0.0365. The average molecular weight is 296 g/mol. The van der Waals surface area contributed by atoms with Crippen LogP contribution in [0.4, 0.5) is 0 Å². The van der Waals surface area contributed by atoms with Crippen LogP contribution in [0.25, 0.3) is 0 Å². The van der Waals surface area contributed by atoms with Crippen LogP contribution in [0.1, 0.15) is 36.2 Å². The molecule has 1 saturated heterocycles. The predicted octanol–water partition coefficient (Wildman–Crippen LogP) is 1.51. The number of carbonyl (C=O) groups is 1. The maximum atomic E-state index is 12.5. The fourth-order valence-corrected chi connectivity index (χ4v) is 3.39. The zero-order valence-corrected chi connectivity index (χ0v) is 12.8. The highest BCUT2D eigenvalue weighted by Crippen LogP contribution is 2.25. The molecular weight excluding hydrogens is 276 g/mol. The summed E-state index contributed by atoms with van der Waals surface area (Å²) >= 11 is 0. The van der Waals surface area contributed by atoms with Crippen molar-refractivity contribution in [2.75, 3.05) is 6.54 Å². The minimum Gasteiger partial charge on any atom is -0.336 e. The summed E-state index contributed by atoms with van der Waals surface area (Å²) in [5, 5.41) is 5.09. The summed E-state index contributed by atoms with van der Waals surface area (Å²) in [7, 11) is -3.73. The van der Waals surface area contributed by atoms with Crippen LogP contribution in [0, 0.1) is 12.8 Å². The van der Waals surface area contributed by atoms with Gasteiger partial charge in [0.15, 0.2) is 0 Å². The topological polar surface area (TPSA) is 80.5 Å². The number of likely N-dealkylation sites (tertiary alicyclic amines) is 1. The van der Waals surface area contributed by atoms with E-state index in [0.717, 1.165) is 13.0 Å². The number of benzene rings is 1. The molecule has 0 bridgehead atoms. The van der Waals surface area contributed by atoms with Crippen molar-refractivity contribution in [1.82, 2.24) is 4.90 Å². The van der Waals surface area contributed by atoms with Crippen LogP contribution in [0.5, 0.6) is 0 Å². The van der Waals surface area contributed by atoms with Crippen LogP contribution in [-0.4, -0.2) is 31.8 Å². The van der Waals surface area contributed by atoms with Gasteiger partial charge >= 0.3 is 0 Å². The smallest absolute Gasteiger partial charge is 0.254 e. The molecule has 1 aromatic rings. The molecular formula is C14H20N2O3S. The molecule has 1 aliphatic rings. The second-order valence-corrected chi connectivity index (χ2v) is 7.23. The maximum Gasteiger partial charge on any atom is 0.254 e. The summed E-state index contributed by atoms with van der Waals surface area (Å²) in [5.74, 6) is 0.457. The number of hydrogen-bond acceptors (Lipinski definition) is 3. The number of amides is 1. The Hall–Kier alpha value is -1.40. The summed E-state index contributed by atoms with van der Waals surface area (Å²) in [5.41, 5.74) is 1.17. The van der Waals surface area contributed by atoms with Gasteiger partial charge in [-0.2, -0.15) is 0 Å². The van der Waals surface area contributed by atoms with Gasteiger partial charge in [-0.25, -0.2) is 13.6 Å². The van der Waals surface area contributed by atoms with E-state index in [1.54, 1.807) is 13.0 Å². The molecule has 5 nitrogen and oxygen atoms in total. The zero-order valence-electron chi connectivity index (χ0n) is 12.0. The van der Waals surface area contributed by atoms with Crippen LogP contribution < -0.4 is 5.14 Å². The van der Waals surface area contributed by atoms with Gasteiger partial charge in [-0.1, -0.05) is 6.92 Å². The Morgan fingerprint density at radius 1 is 1.35 bits per heavy atom. The van der Waals surface area contributed by atoms with Crippen LogP contribution in [0.15, 0.2) is 23.1 Å². The number of primary sulfonamides is 1. The first kappa shape index (κ1) is 15.0. The molecule has 2 unspecified atom stereocenters. The van der Waals surface area contributed by atoms with Crippen molar-refractivity contribution in [2.24, 2.45) is 11.1 Å². The molecule has 1 fully saturated rings. The molecule has 1 aromatic carbocycles. The van der Waals surface area contributed by atoms with E-state index in [-0.39, 0.29) is 16.8 Å². The highest BCUT2D eigenvalue weighted by atomic mass is 32.2. The molecule has 6 heteroatoms. The fourth-order valence-electron chi connectivity index (χ4n) is 2.79. The van der Waals surface area contributed by atoms with Gasteiger partial charge in [-0.05, 0) is 49.9 Å². The molecule has 0 aliphatic carbocycles. The number of sulfonamides is 1. The van der Waals surface area contributed by atoms with Crippen molar-refractivity contribution in [3.05, 3.63) is 29.3 Å². The molecule has 2 rings (SSSR count). The number of rotatable bonds is 2. The molecule has 1 heterocycles. The standard InChI is InChI=1S/C14H20N2O3S/c1-9-6-11(3)16(8-9)14(17)13-5-4-12(7-10(13)2)20(15,18)19/h4-5,7,9,11H,6,8H2,1-3H3,(H2,15,18,19). The van der Waals surface area contributed by atoms with Gasteiger partial charge in [0.05, 0.1) is 4.90 Å². The van der Waals surface area contributed by atoms with Crippen LogP contribution in [0.3, 0.4) is 0 Å². The SMILES string of the molecule is Cc1cc(S(N)(=O)=O)ccc1C(=O)N1CC(C)CC1C. The Morgan fingerprint density at radius 3 is 2.45 bits per heavy atom. The van der Waals surface area contributed by atoms with Crippen molar-refractivity contribution in [2.45, 2.75) is 38.1 Å². The largest absolute Gasteiger partial charge is 0.336 e. The molecule has 1 amide bonds. The highest BCUT2D eigenvalue weighted by Gasteiger charge is 2.31. The van der Waals surface area contributed by atoms with Gasteiger partial charge in [-0.15, -0.1) is 0 Å². The summed E-state index contributed by atoms with van der Waals surface area (Å²) < 4.78 is 22.6. The van der Waals surface area contributed by atoms with Gasteiger partial charge in [0.1, 0.15) is 0 Å². The summed E-state index contributed by atoms with van der Waals surface area (Å²) in [4.78, 5) is 14.4. The van der Waals surface area contributed by atoms with E-state index in [2.05, 4.69) is 6.92 Å². The molecule has 2 N–H and O–H groups in total. The summed E-state index contributed by atoms with van der Waals surface area (Å²) in [6.07, 6.45) is 1.00. The Balaban J connectivity index is 2.32. The van der Waals surface area contributed by atoms with E-state index < -0.39 is 10.0 Å². The van der Waals surface area contributed by atoms with Crippen LogP contribution in [0.2, 0.25) is 0 Å². The molecule has 0 aromatic heterocycles. The molecule has 0 spiro atoms. The van der Waals surface area contributed by atoms with Gasteiger partial charge in [-0.3, -0.25) is 4.79 Å². The Kier molecular flexibility index (Phi) is 3.88. The third-order valence-electron chi connectivity index (χ3n) is 3.80. The lowest BCUT2D eigenvalue weighted by atomic mass is 10.1. The van der Waals surface area contributed by atoms with E-state index in [0.29, 0.717) is 17.0 Å². The van der Waals surface area contributed by atoms with E-state index >= 15 is 0 Å². The molecule has 20 heavy (non-hydrogen) atoms. The highest BCUT2D eigenvalue weighted by molar-refractivity contribution is 7.89. The Labute approximate surface area is 119 Å². The lowest BCUT2D eigenvalue weighted by molar-refractivity contribution is 0.0743. The first-order valence-electron chi connectivity index (χ1n) is 6.64. The Bertz CT molecular complexity index is 640. The summed E-state index contributed by atoms with van der Waals surface area (Å²) in [6, 6.07) is 4.61. The van der Waals surface area contributed by atoms with E-state index in [1.165, 1.54) is 12.1 Å². The molecule has 2 atom stereocenters. The van der Waals surface area contributed by atoms with E-state index in [9.17, 15) is 13.2 Å². The van der Waals surface area contributed by atoms with Crippen LogP contribution in [-0.2, 0) is 10.0 Å². The van der Waals surface area contributed by atoms with Crippen molar-refractivity contribution >= 4 is 15.9 Å². The van der Waals surface area contributed by atoms with Crippen LogP contribution >= 0.6 is 0 Å². The average Bonchev–Trinajstić information content (AvgIpc) is 2.66. The first-order valence-corrected chi connectivity index (χ1v) is 8.19. The monoisotopic (exact) mass is 296 g/mol. The van der Waals surface area contributed by atoms with Crippen molar-refractivity contribution < 1.29 is 13.2 Å². The lowest BCUT2D eigenvalue weighted by Gasteiger charge is -2.22. The number of hydrogen-bond donors (Lipinski definition) is 1. The first-order chi connectivity index (χ1) is 9.20. The third-order valence-corrected chi connectivity index (χ3v) is 4.71. The van der Waals surface area contributed by atoms with Gasteiger partial charge < -0.3 is 4.90 Å². The quantitative estimate of drug-likeness (QED) is 0.898. The predicted molar refractivity (Wildman–Crippen MR) is 76.8 cm³/mol. The third kappa shape index (κ3) is 2.86. The molecule has 110 valence electrons. The van der Waals surface area contributed by atoms with Crippen molar-refractivity contribution in [3.63, 3.8) is 0 Å².